The number of alkyl halides is 4. The SMILES string of the molecule is CC1=CC(N2c3c(cnc4ccc(C)cc34)NC2Cl)=CC(C)(C(F)(F)F)C=C1. The third-order valence-electron chi connectivity index (χ3n) is 5.14. The number of hydrogen-bond acceptors (Lipinski definition) is 3. The number of pyridine rings is 1. The van der Waals surface area contributed by atoms with E-state index < -0.39 is 17.2 Å². The van der Waals surface area contributed by atoms with Gasteiger partial charge in [-0.1, -0.05) is 35.4 Å². The summed E-state index contributed by atoms with van der Waals surface area (Å²) in [5.74, 6) is 0. The number of anilines is 2. The average molecular weight is 406 g/mol. The van der Waals surface area contributed by atoms with Gasteiger partial charge >= 0.3 is 6.18 Å². The number of nitrogens with one attached hydrogen (secondary N) is 1. The second-order valence-corrected chi connectivity index (χ2v) is 7.88. The van der Waals surface area contributed by atoms with Crippen molar-refractivity contribution < 1.29 is 13.2 Å². The molecule has 3 nitrogen and oxygen atoms in total. The van der Waals surface area contributed by atoms with E-state index in [1.165, 1.54) is 25.2 Å². The van der Waals surface area contributed by atoms with E-state index in [2.05, 4.69) is 10.3 Å². The monoisotopic (exact) mass is 405 g/mol. The minimum atomic E-state index is -4.43. The molecule has 1 N–H and O–H groups in total. The van der Waals surface area contributed by atoms with Crippen LogP contribution >= 0.6 is 11.6 Å². The summed E-state index contributed by atoms with van der Waals surface area (Å²) in [6.45, 7) is 4.90. The van der Waals surface area contributed by atoms with Crippen LogP contribution in [0.3, 0.4) is 0 Å². The van der Waals surface area contributed by atoms with Gasteiger partial charge in [0.15, 0.2) is 5.62 Å². The number of fused-ring (bicyclic) bond motifs is 3. The van der Waals surface area contributed by atoms with E-state index in [0.29, 0.717) is 17.0 Å². The van der Waals surface area contributed by atoms with Crippen LogP contribution in [0.1, 0.15) is 19.4 Å². The van der Waals surface area contributed by atoms with Gasteiger partial charge in [-0.2, -0.15) is 13.2 Å². The van der Waals surface area contributed by atoms with Crippen molar-refractivity contribution in [3.63, 3.8) is 0 Å². The first-order valence-corrected chi connectivity index (χ1v) is 9.29. The Morgan fingerprint density at radius 1 is 1.25 bits per heavy atom. The summed E-state index contributed by atoms with van der Waals surface area (Å²) in [4.78, 5) is 6.14. The molecule has 1 aliphatic heterocycles. The lowest BCUT2D eigenvalue weighted by Crippen LogP contribution is -2.35. The van der Waals surface area contributed by atoms with Gasteiger partial charge in [-0.15, -0.1) is 0 Å². The maximum Gasteiger partial charge on any atom is 0.401 e. The average Bonchev–Trinajstić information content (AvgIpc) is 2.86. The summed E-state index contributed by atoms with van der Waals surface area (Å²) < 4.78 is 41.4. The first-order chi connectivity index (χ1) is 13.1. The second-order valence-electron chi connectivity index (χ2n) is 7.46. The lowest BCUT2D eigenvalue weighted by atomic mass is 9.88. The number of aromatic nitrogens is 1. The van der Waals surface area contributed by atoms with Crippen LogP contribution in [0.4, 0.5) is 24.5 Å². The molecule has 0 radical (unpaired) electrons. The normalized spacial score (nSPS) is 24.5. The highest BCUT2D eigenvalue weighted by atomic mass is 35.5. The van der Waals surface area contributed by atoms with Crippen molar-refractivity contribution >= 4 is 33.9 Å². The summed E-state index contributed by atoms with van der Waals surface area (Å²) in [6.07, 6.45) is 2.88. The highest BCUT2D eigenvalue weighted by molar-refractivity contribution is 6.25. The van der Waals surface area contributed by atoms with Crippen molar-refractivity contribution in [1.82, 2.24) is 4.98 Å². The molecule has 1 aliphatic carbocycles. The highest BCUT2D eigenvalue weighted by Crippen LogP contribution is 2.47. The van der Waals surface area contributed by atoms with Crippen molar-refractivity contribution in [2.24, 2.45) is 5.41 Å². The Morgan fingerprint density at radius 3 is 2.71 bits per heavy atom. The fourth-order valence-corrected chi connectivity index (χ4v) is 3.85. The topological polar surface area (TPSA) is 28.2 Å². The van der Waals surface area contributed by atoms with Crippen LogP contribution in [0.15, 0.2) is 60.0 Å². The predicted molar refractivity (Wildman–Crippen MR) is 107 cm³/mol. The van der Waals surface area contributed by atoms with Gasteiger partial charge in [0.2, 0.25) is 0 Å². The minimum Gasteiger partial charge on any atom is -0.349 e. The molecule has 2 aromatic rings. The molecular weight excluding hydrogens is 387 g/mol. The lowest BCUT2D eigenvalue weighted by Gasteiger charge is -2.30. The van der Waals surface area contributed by atoms with Crippen molar-refractivity contribution in [2.45, 2.75) is 32.6 Å². The van der Waals surface area contributed by atoms with Crippen molar-refractivity contribution in [3.05, 3.63) is 65.5 Å². The smallest absolute Gasteiger partial charge is 0.349 e. The Hall–Kier alpha value is -2.47. The Labute approximate surface area is 166 Å². The fourth-order valence-electron chi connectivity index (χ4n) is 3.52. The molecule has 1 aromatic heterocycles. The van der Waals surface area contributed by atoms with Crippen LogP contribution in [-0.4, -0.2) is 16.8 Å². The first kappa shape index (κ1) is 18.9. The Morgan fingerprint density at radius 2 is 2.00 bits per heavy atom. The molecule has 146 valence electrons. The van der Waals surface area contributed by atoms with Gasteiger partial charge in [0.1, 0.15) is 5.41 Å². The maximum absolute atomic E-state index is 13.8. The number of rotatable bonds is 1. The van der Waals surface area contributed by atoms with E-state index in [1.807, 2.05) is 25.1 Å². The summed E-state index contributed by atoms with van der Waals surface area (Å²) in [5, 5.41) is 3.95. The van der Waals surface area contributed by atoms with Crippen LogP contribution in [-0.2, 0) is 0 Å². The molecule has 0 saturated heterocycles. The molecular formula is C21H19ClF3N3. The number of hydrogen-bond donors (Lipinski definition) is 1. The summed E-state index contributed by atoms with van der Waals surface area (Å²) >= 11 is 6.54. The molecule has 4 rings (SSSR count). The van der Waals surface area contributed by atoms with Crippen LogP contribution in [0.5, 0.6) is 0 Å². The van der Waals surface area contributed by atoms with Crippen LogP contribution in [0.2, 0.25) is 0 Å². The maximum atomic E-state index is 13.8. The summed E-state index contributed by atoms with van der Waals surface area (Å²) in [7, 11) is 0. The number of halogens is 4. The molecule has 0 fully saturated rings. The zero-order chi connectivity index (χ0) is 20.3. The van der Waals surface area contributed by atoms with E-state index in [0.717, 1.165) is 22.2 Å². The third kappa shape index (κ3) is 2.96. The molecule has 0 spiro atoms. The Kier molecular flexibility index (Phi) is 4.23. The molecule has 2 unspecified atom stereocenters. The zero-order valence-corrected chi connectivity index (χ0v) is 16.4. The van der Waals surface area contributed by atoms with Crippen LogP contribution in [0.25, 0.3) is 10.9 Å². The van der Waals surface area contributed by atoms with Gasteiger partial charge in [0, 0.05) is 11.1 Å². The fraction of sp³-hybridized carbons (Fsp3) is 0.286. The van der Waals surface area contributed by atoms with Crippen LogP contribution < -0.4 is 10.2 Å². The highest BCUT2D eigenvalue weighted by Gasteiger charge is 2.49. The molecule has 2 atom stereocenters. The Bertz CT molecular complexity index is 1050. The Balaban J connectivity index is 1.95. The van der Waals surface area contributed by atoms with Gasteiger partial charge in [-0.05, 0) is 50.6 Å². The van der Waals surface area contributed by atoms with Crippen molar-refractivity contribution in [2.75, 3.05) is 10.2 Å². The zero-order valence-electron chi connectivity index (χ0n) is 15.6. The first-order valence-electron chi connectivity index (χ1n) is 8.85. The van der Waals surface area contributed by atoms with E-state index >= 15 is 0 Å². The van der Waals surface area contributed by atoms with Gasteiger partial charge in [-0.25, -0.2) is 0 Å². The van der Waals surface area contributed by atoms with Crippen LogP contribution in [0, 0.1) is 12.3 Å². The quantitative estimate of drug-likeness (QED) is 0.448. The van der Waals surface area contributed by atoms with Gasteiger partial charge < -0.3 is 10.2 Å². The third-order valence-corrected chi connectivity index (χ3v) is 5.45. The van der Waals surface area contributed by atoms with Gasteiger partial charge in [-0.3, -0.25) is 4.98 Å². The number of allylic oxidation sites excluding steroid dienone is 5. The lowest BCUT2D eigenvalue weighted by molar-refractivity contribution is -0.183. The molecule has 2 aliphatic rings. The largest absolute Gasteiger partial charge is 0.401 e. The number of aryl methyl sites for hydroxylation is 1. The molecule has 1 aromatic carbocycles. The predicted octanol–water partition coefficient (Wildman–Crippen LogP) is 6.27. The van der Waals surface area contributed by atoms with Gasteiger partial charge in [0.25, 0.3) is 0 Å². The molecule has 2 heterocycles. The summed E-state index contributed by atoms with van der Waals surface area (Å²) in [6, 6.07) is 5.82. The molecule has 7 heteroatoms. The van der Waals surface area contributed by atoms with E-state index in [1.54, 1.807) is 24.1 Å². The summed E-state index contributed by atoms with van der Waals surface area (Å²) in [5.41, 5.74) is 1.49. The van der Waals surface area contributed by atoms with E-state index in [9.17, 15) is 13.2 Å². The molecule has 0 saturated carbocycles. The number of nitrogens with zero attached hydrogens (tertiary/aromatic N) is 2. The minimum absolute atomic E-state index is 0.391. The molecule has 28 heavy (non-hydrogen) atoms. The van der Waals surface area contributed by atoms with E-state index in [-0.39, 0.29) is 0 Å². The van der Waals surface area contributed by atoms with Gasteiger partial charge in [0.05, 0.1) is 23.1 Å². The standard InChI is InChI=1S/C21H19ClF3N3/c1-12-4-5-16-15(9-12)18-17(11-26-16)27-19(22)28(18)14-8-13(2)6-7-20(3,10-14)21(23,24)25/h4-11,19,27H,1-3H3. The number of benzene rings is 1. The van der Waals surface area contributed by atoms with E-state index in [4.69, 9.17) is 11.6 Å². The second kappa shape index (κ2) is 6.27. The molecule has 0 amide bonds. The molecule has 0 bridgehead atoms. The van der Waals surface area contributed by atoms with Crippen molar-refractivity contribution in [1.29, 1.82) is 0 Å². The van der Waals surface area contributed by atoms with Crippen molar-refractivity contribution in [3.8, 4) is 0 Å².